The van der Waals surface area contributed by atoms with Crippen LogP contribution >= 0.6 is 0 Å². The molecule has 1 nitrogen and oxygen atoms in total. The topological polar surface area (TPSA) is 12.4 Å². The zero-order valence-corrected chi connectivity index (χ0v) is 14.8. The molecule has 112 valence electrons. The van der Waals surface area contributed by atoms with Gasteiger partial charge in [-0.25, -0.2) is 0 Å². The number of aliphatic imine (C=N–C) groups is 1. The summed E-state index contributed by atoms with van der Waals surface area (Å²) in [4.78, 5) is 4.38. The van der Waals surface area contributed by atoms with E-state index < -0.39 is 0 Å². The van der Waals surface area contributed by atoms with Crippen LogP contribution < -0.4 is 0 Å². The Balaban J connectivity index is 3.80. The van der Waals surface area contributed by atoms with Crippen LogP contribution in [0.5, 0.6) is 0 Å². The molecule has 0 bridgehead atoms. The summed E-state index contributed by atoms with van der Waals surface area (Å²) in [5, 5.41) is 0. The molecule has 0 aliphatic carbocycles. The second-order valence-corrected chi connectivity index (χ2v) is 8.83. The molecule has 1 heteroatoms. The minimum atomic E-state index is 0.0672. The van der Waals surface area contributed by atoms with E-state index in [0.717, 1.165) is 5.69 Å². The highest BCUT2D eigenvalue weighted by Gasteiger charge is 2.28. The predicted molar refractivity (Wildman–Crippen MR) is 91.8 cm³/mol. The van der Waals surface area contributed by atoms with Gasteiger partial charge < -0.3 is 0 Å². The van der Waals surface area contributed by atoms with Gasteiger partial charge in [-0.15, -0.1) is 0 Å². The molecular formula is C19H31N. The van der Waals surface area contributed by atoms with E-state index in [-0.39, 0.29) is 16.2 Å². The number of benzene rings is 1. The third kappa shape index (κ3) is 3.50. The van der Waals surface area contributed by atoms with Crippen LogP contribution in [-0.2, 0) is 16.2 Å². The summed E-state index contributed by atoms with van der Waals surface area (Å²) in [5.41, 5.74) is 5.31. The average Bonchev–Trinajstić information content (AvgIpc) is 2.23. The van der Waals surface area contributed by atoms with Crippen molar-refractivity contribution in [1.29, 1.82) is 0 Å². The normalized spacial score (nSPS) is 13.4. The predicted octanol–water partition coefficient (Wildman–Crippen LogP) is 5.91. The first kappa shape index (κ1) is 16.9. The zero-order valence-electron chi connectivity index (χ0n) is 14.8. The summed E-state index contributed by atoms with van der Waals surface area (Å²) in [6, 6.07) is 4.64. The fourth-order valence-corrected chi connectivity index (χ4v) is 2.38. The second kappa shape index (κ2) is 5.02. The van der Waals surface area contributed by atoms with Crippen molar-refractivity contribution in [1.82, 2.24) is 0 Å². The zero-order chi connectivity index (χ0) is 15.9. The van der Waals surface area contributed by atoms with Gasteiger partial charge in [-0.1, -0.05) is 74.4 Å². The summed E-state index contributed by atoms with van der Waals surface area (Å²) < 4.78 is 0. The Morgan fingerprint density at radius 1 is 0.700 bits per heavy atom. The van der Waals surface area contributed by atoms with Crippen LogP contribution in [0.4, 0.5) is 5.69 Å². The molecule has 1 aromatic rings. The van der Waals surface area contributed by atoms with Crippen molar-refractivity contribution >= 4 is 12.4 Å². The van der Waals surface area contributed by atoms with Gasteiger partial charge in [-0.2, -0.15) is 0 Å². The van der Waals surface area contributed by atoms with Crippen LogP contribution in [0.1, 0.15) is 79.0 Å². The minimum absolute atomic E-state index is 0.0672. The van der Waals surface area contributed by atoms with E-state index in [1.165, 1.54) is 16.7 Å². The van der Waals surface area contributed by atoms with Crippen LogP contribution in [0.3, 0.4) is 0 Å². The molecule has 0 spiro atoms. The third-order valence-corrected chi connectivity index (χ3v) is 3.75. The van der Waals surface area contributed by atoms with E-state index in [0.29, 0.717) is 0 Å². The quantitative estimate of drug-likeness (QED) is 0.564. The van der Waals surface area contributed by atoms with E-state index in [2.05, 4.69) is 86.2 Å². The first-order valence-corrected chi connectivity index (χ1v) is 7.44. The molecule has 0 unspecified atom stereocenters. The Bertz CT molecular complexity index is 467. The molecule has 0 aliphatic heterocycles. The van der Waals surface area contributed by atoms with Gasteiger partial charge in [0.05, 0.1) is 5.69 Å². The van der Waals surface area contributed by atoms with Crippen molar-refractivity contribution in [2.24, 2.45) is 4.99 Å². The lowest BCUT2D eigenvalue weighted by Gasteiger charge is -2.32. The largest absolute Gasteiger partial charge is 0.264 e. The first-order valence-electron chi connectivity index (χ1n) is 7.44. The lowest BCUT2D eigenvalue weighted by molar-refractivity contribution is 0.550. The van der Waals surface area contributed by atoms with Gasteiger partial charge in [0.25, 0.3) is 0 Å². The molecule has 1 aromatic carbocycles. The molecule has 0 aliphatic rings. The Labute approximate surface area is 125 Å². The molecule has 0 aromatic heterocycles. The van der Waals surface area contributed by atoms with Gasteiger partial charge in [0.1, 0.15) is 0 Å². The maximum atomic E-state index is 4.38. The van der Waals surface area contributed by atoms with Crippen molar-refractivity contribution in [3.05, 3.63) is 28.8 Å². The highest BCUT2D eigenvalue weighted by molar-refractivity contribution is 5.63. The van der Waals surface area contributed by atoms with Crippen molar-refractivity contribution in [3.63, 3.8) is 0 Å². The number of rotatable bonds is 1. The lowest BCUT2D eigenvalue weighted by atomic mass is 9.74. The fraction of sp³-hybridized carbons (Fsp3) is 0.632. The second-order valence-electron chi connectivity index (χ2n) is 8.83. The summed E-state index contributed by atoms with van der Waals surface area (Å²) in [5.74, 6) is 0. The molecule has 0 saturated heterocycles. The number of hydrogen-bond acceptors (Lipinski definition) is 1. The van der Waals surface area contributed by atoms with Crippen LogP contribution in [0.2, 0.25) is 0 Å². The standard InChI is InChI=1S/C19H31N/c1-17(2,3)13-11-14(18(4,5)6)16(20-10)15(12-13)19(7,8)9/h11-12H,10H2,1-9H3. The third-order valence-electron chi connectivity index (χ3n) is 3.75. The Kier molecular flexibility index (Phi) is 4.25. The molecular weight excluding hydrogens is 242 g/mol. The molecule has 0 saturated carbocycles. The first-order chi connectivity index (χ1) is 8.78. The SMILES string of the molecule is C=Nc1c(C(C)(C)C)cc(C(C)(C)C)cc1C(C)(C)C. The summed E-state index contributed by atoms with van der Waals surface area (Å²) in [7, 11) is 0. The summed E-state index contributed by atoms with van der Waals surface area (Å²) in [6.45, 7) is 24.1. The van der Waals surface area contributed by atoms with Crippen molar-refractivity contribution in [2.75, 3.05) is 0 Å². The van der Waals surface area contributed by atoms with E-state index in [9.17, 15) is 0 Å². The molecule has 0 radical (unpaired) electrons. The van der Waals surface area contributed by atoms with Crippen molar-refractivity contribution < 1.29 is 0 Å². The van der Waals surface area contributed by atoms with Gasteiger partial charge in [-0.3, -0.25) is 4.99 Å². The van der Waals surface area contributed by atoms with Crippen LogP contribution in [0.15, 0.2) is 17.1 Å². The number of nitrogens with zero attached hydrogens (tertiary/aromatic N) is 1. The van der Waals surface area contributed by atoms with Crippen LogP contribution in [-0.4, -0.2) is 6.72 Å². The van der Waals surface area contributed by atoms with Crippen LogP contribution in [0, 0.1) is 0 Å². The van der Waals surface area contributed by atoms with Gasteiger partial charge in [0.15, 0.2) is 0 Å². The monoisotopic (exact) mass is 273 g/mol. The molecule has 0 atom stereocenters. The maximum absolute atomic E-state index is 4.38. The Morgan fingerprint density at radius 2 is 1.05 bits per heavy atom. The molecule has 0 fully saturated rings. The van der Waals surface area contributed by atoms with Crippen molar-refractivity contribution in [2.45, 2.75) is 78.6 Å². The van der Waals surface area contributed by atoms with Crippen LogP contribution in [0.25, 0.3) is 0 Å². The smallest absolute Gasteiger partial charge is 0.0697 e. The van der Waals surface area contributed by atoms with E-state index >= 15 is 0 Å². The fourth-order valence-electron chi connectivity index (χ4n) is 2.38. The highest BCUT2D eigenvalue weighted by Crippen LogP contribution is 2.42. The van der Waals surface area contributed by atoms with Gasteiger partial charge in [0, 0.05) is 0 Å². The Morgan fingerprint density at radius 3 is 1.25 bits per heavy atom. The summed E-state index contributed by atoms with van der Waals surface area (Å²) in [6.07, 6.45) is 0. The van der Waals surface area contributed by atoms with E-state index in [4.69, 9.17) is 0 Å². The van der Waals surface area contributed by atoms with Crippen molar-refractivity contribution in [3.8, 4) is 0 Å². The molecule has 20 heavy (non-hydrogen) atoms. The highest BCUT2D eigenvalue weighted by atomic mass is 14.7. The molecule has 1 rings (SSSR count). The molecule has 0 heterocycles. The van der Waals surface area contributed by atoms with Gasteiger partial charge >= 0.3 is 0 Å². The lowest BCUT2D eigenvalue weighted by Crippen LogP contribution is -2.21. The van der Waals surface area contributed by atoms with E-state index in [1.54, 1.807) is 0 Å². The molecule has 0 N–H and O–H groups in total. The maximum Gasteiger partial charge on any atom is 0.0697 e. The minimum Gasteiger partial charge on any atom is -0.264 e. The number of hydrogen-bond donors (Lipinski definition) is 0. The summed E-state index contributed by atoms with van der Waals surface area (Å²) >= 11 is 0. The van der Waals surface area contributed by atoms with Gasteiger partial charge in [-0.05, 0) is 39.7 Å². The Hall–Kier alpha value is -1.11. The van der Waals surface area contributed by atoms with Gasteiger partial charge in [0.2, 0.25) is 0 Å². The van der Waals surface area contributed by atoms with E-state index in [1.807, 2.05) is 0 Å². The molecule has 0 amide bonds. The average molecular weight is 273 g/mol.